The molecule has 0 atom stereocenters. The Balaban J connectivity index is 3.20. The maximum atomic E-state index is 10.4. The van der Waals surface area contributed by atoms with Crippen LogP contribution < -0.4 is 11.2 Å². The van der Waals surface area contributed by atoms with Gasteiger partial charge in [-0.3, -0.25) is 14.4 Å². The maximum absolute atomic E-state index is 10.4. The Kier molecular flexibility index (Phi) is 4.87. The average Bonchev–Trinajstić information content (AvgIpc) is 1.87. The second-order valence-corrected chi connectivity index (χ2v) is 1.97. The van der Waals surface area contributed by atoms with E-state index < -0.39 is 5.91 Å². The molecule has 0 aliphatic rings. The molecule has 2 amide bonds. The van der Waals surface area contributed by atoms with Gasteiger partial charge < -0.3 is 5.73 Å². The molecule has 5 nitrogen and oxygen atoms in total. The van der Waals surface area contributed by atoms with Gasteiger partial charge in [-0.15, -0.1) is 0 Å². The van der Waals surface area contributed by atoms with Crippen LogP contribution in [-0.4, -0.2) is 23.8 Å². The lowest BCUT2D eigenvalue weighted by Gasteiger charge is -1.99. The van der Waals surface area contributed by atoms with Gasteiger partial charge in [-0.25, -0.2) is 5.48 Å². The molecule has 0 heterocycles. The number of nitrogens with one attached hydrogen (secondary N) is 1. The molecular formula is C4H7BrN2O3. The van der Waals surface area contributed by atoms with Gasteiger partial charge in [-0.05, 0) is 0 Å². The number of hydrogen-bond donors (Lipinski definition) is 2. The summed E-state index contributed by atoms with van der Waals surface area (Å²) >= 11 is 2.87. The Hall–Kier alpha value is -0.620. The van der Waals surface area contributed by atoms with Gasteiger partial charge in [-0.1, -0.05) is 15.9 Å². The molecular weight excluding hydrogens is 204 g/mol. The minimum atomic E-state index is -0.630. The molecule has 10 heavy (non-hydrogen) atoms. The summed E-state index contributed by atoms with van der Waals surface area (Å²) < 4.78 is 0. The zero-order chi connectivity index (χ0) is 7.98. The van der Waals surface area contributed by atoms with Crippen molar-refractivity contribution >= 4 is 27.7 Å². The first-order chi connectivity index (χ1) is 4.66. The van der Waals surface area contributed by atoms with Crippen molar-refractivity contribution < 1.29 is 14.4 Å². The fourth-order valence-electron chi connectivity index (χ4n) is 0.215. The quantitative estimate of drug-likeness (QED) is 0.458. The second-order valence-electron chi connectivity index (χ2n) is 1.41. The summed E-state index contributed by atoms with van der Waals surface area (Å²) in [4.78, 5) is 24.7. The van der Waals surface area contributed by atoms with E-state index in [-0.39, 0.29) is 17.8 Å². The highest BCUT2D eigenvalue weighted by Crippen LogP contribution is 1.77. The van der Waals surface area contributed by atoms with Crippen LogP contribution in [0, 0.1) is 0 Å². The molecule has 6 heteroatoms. The lowest BCUT2D eigenvalue weighted by Crippen LogP contribution is -2.29. The van der Waals surface area contributed by atoms with Crippen LogP contribution in [0.15, 0.2) is 0 Å². The smallest absolute Gasteiger partial charge is 0.254 e. The Morgan fingerprint density at radius 3 is 2.60 bits per heavy atom. The van der Waals surface area contributed by atoms with Crippen LogP contribution in [0.2, 0.25) is 0 Å². The molecule has 0 rings (SSSR count). The molecule has 58 valence electrons. The van der Waals surface area contributed by atoms with Gasteiger partial charge in [0.2, 0.25) is 5.91 Å². The van der Waals surface area contributed by atoms with Gasteiger partial charge >= 0.3 is 0 Å². The van der Waals surface area contributed by atoms with E-state index in [0.717, 1.165) is 0 Å². The van der Waals surface area contributed by atoms with Gasteiger partial charge in [0.1, 0.15) is 0 Å². The van der Waals surface area contributed by atoms with Crippen molar-refractivity contribution in [2.75, 3.05) is 11.9 Å². The SMILES string of the molecule is NC(=O)CONC(=O)CBr. The summed E-state index contributed by atoms with van der Waals surface area (Å²) in [5, 5.41) is 0.131. The van der Waals surface area contributed by atoms with Crippen molar-refractivity contribution in [1.29, 1.82) is 0 Å². The molecule has 0 saturated heterocycles. The van der Waals surface area contributed by atoms with E-state index in [4.69, 9.17) is 5.73 Å². The molecule has 0 unspecified atom stereocenters. The molecule has 0 aliphatic carbocycles. The van der Waals surface area contributed by atoms with Crippen LogP contribution in [0.3, 0.4) is 0 Å². The van der Waals surface area contributed by atoms with Crippen LogP contribution in [0.5, 0.6) is 0 Å². The second kappa shape index (κ2) is 5.19. The molecule has 0 aromatic heterocycles. The molecule has 0 fully saturated rings. The third kappa shape index (κ3) is 5.52. The Morgan fingerprint density at radius 1 is 1.60 bits per heavy atom. The Morgan fingerprint density at radius 2 is 2.20 bits per heavy atom. The highest BCUT2D eigenvalue weighted by Gasteiger charge is 1.97. The lowest BCUT2D eigenvalue weighted by atomic mass is 10.7. The number of alkyl halides is 1. The number of rotatable bonds is 4. The van der Waals surface area contributed by atoms with E-state index in [1.807, 2.05) is 5.48 Å². The van der Waals surface area contributed by atoms with Crippen LogP contribution in [-0.2, 0) is 14.4 Å². The first-order valence-corrected chi connectivity index (χ1v) is 3.54. The zero-order valence-corrected chi connectivity index (χ0v) is 6.68. The summed E-state index contributed by atoms with van der Waals surface area (Å²) in [6.07, 6.45) is 0. The predicted octanol–water partition coefficient (Wildman–Crippen LogP) is -1.09. The number of hydrogen-bond acceptors (Lipinski definition) is 3. The van der Waals surface area contributed by atoms with Crippen LogP contribution >= 0.6 is 15.9 Å². The van der Waals surface area contributed by atoms with E-state index in [0.29, 0.717) is 0 Å². The Bertz CT molecular complexity index is 138. The van der Waals surface area contributed by atoms with E-state index >= 15 is 0 Å². The summed E-state index contributed by atoms with van der Waals surface area (Å²) in [6.45, 7) is -0.307. The number of carbonyl (C=O) groups is 2. The average molecular weight is 211 g/mol. The van der Waals surface area contributed by atoms with Crippen molar-refractivity contribution in [1.82, 2.24) is 5.48 Å². The van der Waals surface area contributed by atoms with E-state index in [1.165, 1.54) is 0 Å². The summed E-state index contributed by atoms with van der Waals surface area (Å²) in [6, 6.07) is 0. The van der Waals surface area contributed by atoms with Gasteiger partial charge in [0.15, 0.2) is 6.61 Å². The van der Waals surface area contributed by atoms with Gasteiger partial charge in [0, 0.05) is 0 Å². The third-order valence-electron chi connectivity index (χ3n) is 0.522. The number of hydroxylamine groups is 1. The van der Waals surface area contributed by atoms with E-state index in [1.54, 1.807) is 0 Å². The molecule has 3 N–H and O–H groups in total. The lowest BCUT2D eigenvalue weighted by molar-refractivity contribution is -0.135. The minimum absolute atomic E-state index is 0.131. The van der Waals surface area contributed by atoms with Gasteiger partial charge in [0.05, 0.1) is 5.33 Å². The van der Waals surface area contributed by atoms with E-state index in [2.05, 4.69) is 20.8 Å². The summed E-state index contributed by atoms with van der Waals surface area (Å²) in [5.41, 5.74) is 6.67. The van der Waals surface area contributed by atoms with Crippen LogP contribution in [0.4, 0.5) is 0 Å². The van der Waals surface area contributed by atoms with Crippen molar-refractivity contribution in [3.63, 3.8) is 0 Å². The summed E-state index contributed by atoms with van der Waals surface area (Å²) in [5.74, 6) is -0.990. The fraction of sp³-hybridized carbons (Fsp3) is 0.500. The first-order valence-electron chi connectivity index (χ1n) is 2.41. The maximum Gasteiger partial charge on any atom is 0.254 e. The number of carbonyl (C=O) groups excluding carboxylic acids is 2. The van der Waals surface area contributed by atoms with Crippen molar-refractivity contribution in [2.24, 2.45) is 5.73 Å². The topological polar surface area (TPSA) is 81.4 Å². The normalized spacial score (nSPS) is 8.90. The van der Waals surface area contributed by atoms with Crippen LogP contribution in [0.1, 0.15) is 0 Å². The number of amides is 2. The van der Waals surface area contributed by atoms with Gasteiger partial charge in [-0.2, -0.15) is 0 Å². The minimum Gasteiger partial charge on any atom is -0.368 e. The highest BCUT2D eigenvalue weighted by molar-refractivity contribution is 9.09. The van der Waals surface area contributed by atoms with Crippen molar-refractivity contribution in [3.8, 4) is 0 Å². The number of primary amides is 1. The molecule has 0 aliphatic heterocycles. The number of halogens is 1. The Labute approximate surface area is 66.0 Å². The first kappa shape index (κ1) is 9.38. The summed E-state index contributed by atoms with van der Waals surface area (Å²) in [7, 11) is 0. The predicted molar refractivity (Wildman–Crippen MR) is 37.1 cm³/mol. The van der Waals surface area contributed by atoms with Crippen molar-refractivity contribution in [3.05, 3.63) is 0 Å². The zero-order valence-electron chi connectivity index (χ0n) is 5.09. The molecule has 0 aromatic carbocycles. The molecule has 0 radical (unpaired) electrons. The number of nitrogens with two attached hydrogens (primary N) is 1. The van der Waals surface area contributed by atoms with E-state index in [9.17, 15) is 9.59 Å². The van der Waals surface area contributed by atoms with Gasteiger partial charge in [0.25, 0.3) is 5.91 Å². The van der Waals surface area contributed by atoms with Crippen molar-refractivity contribution in [2.45, 2.75) is 0 Å². The fourth-order valence-corrected chi connectivity index (χ4v) is 0.329. The largest absolute Gasteiger partial charge is 0.368 e. The third-order valence-corrected chi connectivity index (χ3v) is 1.03. The molecule has 0 spiro atoms. The molecule has 0 bridgehead atoms. The monoisotopic (exact) mass is 210 g/mol. The molecule has 0 saturated carbocycles. The standard InChI is InChI=1S/C4H7BrN2O3/c5-1-4(9)7-10-2-3(6)8/h1-2H2,(H2,6,8)(H,7,9). The van der Waals surface area contributed by atoms with Crippen LogP contribution in [0.25, 0.3) is 0 Å². The molecule has 0 aromatic rings. The highest BCUT2D eigenvalue weighted by atomic mass is 79.9.